The quantitative estimate of drug-likeness (QED) is 0.777. The molecule has 1 saturated heterocycles. The first-order chi connectivity index (χ1) is 8.60. The standard InChI is InChI=1S/C14H29N3O/c1-5-17(6-2)14(18)12(3)15-11-13-9-7-8-10-16(13)4/h12-13,15H,5-11H2,1-4H3. The Morgan fingerprint density at radius 2 is 2.06 bits per heavy atom. The van der Waals surface area contributed by atoms with Gasteiger partial charge in [-0.3, -0.25) is 4.79 Å². The first-order valence-corrected chi connectivity index (χ1v) is 7.32. The van der Waals surface area contributed by atoms with Crippen LogP contribution in [0.3, 0.4) is 0 Å². The normalized spacial score (nSPS) is 22.8. The number of hydrogen-bond donors (Lipinski definition) is 1. The average molecular weight is 255 g/mol. The van der Waals surface area contributed by atoms with Crippen LogP contribution in [-0.4, -0.2) is 61.0 Å². The smallest absolute Gasteiger partial charge is 0.239 e. The zero-order chi connectivity index (χ0) is 13.5. The zero-order valence-electron chi connectivity index (χ0n) is 12.4. The molecule has 1 aliphatic rings. The van der Waals surface area contributed by atoms with Gasteiger partial charge in [0, 0.05) is 25.7 Å². The molecule has 0 aromatic heterocycles. The molecule has 0 aromatic rings. The van der Waals surface area contributed by atoms with Crippen LogP contribution in [-0.2, 0) is 4.79 Å². The van der Waals surface area contributed by atoms with Crippen molar-refractivity contribution >= 4 is 5.91 Å². The van der Waals surface area contributed by atoms with Crippen molar-refractivity contribution < 1.29 is 4.79 Å². The molecule has 106 valence electrons. The van der Waals surface area contributed by atoms with Crippen LogP contribution < -0.4 is 5.32 Å². The highest BCUT2D eigenvalue weighted by Gasteiger charge is 2.22. The van der Waals surface area contributed by atoms with E-state index < -0.39 is 0 Å². The Bertz CT molecular complexity index is 253. The van der Waals surface area contributed by atoms with Gasteiger partial charge in [0.2, 0.25) is 5.91 Å². The van der Waals surface area contributed by atoms with E-state index in [9.17, 15) is 4.79 Å². The number of nitrogens with zero attached hydrogens (tertiary/aromatic N) is 2. The van der Waals surface area contributed by atoms with Gasteiger partial charge in [-0.15, -0.1) is 0 Å². The van der Waals surface area contributed by atoms with Crippen molar-refractivity contribution in [2.24, 2.45) is 0 Å². The molecule has 1 heterocycles. The molecule has 4 nitrogen and oxygen atoms in total. The fourth-order valence-electron chi connectivity index (χ4n) is 2.61. The molecule has 0 spiro atoms. The number of piperidine rings is 1. The summed E-state index contributed by atoms with van der Waals surface area (Å²) in [4.78, 5) is 16.4. The van der Waals surface area contributed by atoms with Crippen LogP contribution in [0.2, 0.25) is 0 Å². The molecule has 0 aromatic carbocycles. The van der Waals surface area contributed by atoms with Crippen molar-refractivity contribution in [2.45, 2.75) is 52.1 Å². The number of rotatable bonds is 6. The van der Waals surface area contributed by atoms with Crippen LogP contribution in [0.1, 0.15) is 40.0 Å². The van der Waals surface area contributed by atoms with Crippen LogP contribution in [0.5, 0.6) is 0 Å². The van der Waals surface area contributed by atoms with Crippen molar-refractivity contribution in [3.8, 4) is 0 Å². The molecule has 0 saturated carbocycles. The van der Waals surface area contributed by atoms with Crippen LogP contribution >= 0.6 is 0 Å². The summed E-state index contributed by atoms with van der Waals surface area (Å²) in [6.07, 6.45) is 3.87. The van der Waals surface area contributed by atoms with E-state index in [1.165, 1.54) is 25.8 Å². The van der Waals surface area contributed by atoms with Crippen molar-refractivity contribution in [1.82, 2.24) is 15.1 Å². The highest BCUT2D eigenvalue weighted by molar-refractivity contribution is 5.81. The molecule has 1 N–H and O–H groups in total. The Morgan fingerprint density at radius 3 is 2.61 bits per heavy atom. The second-order valence-electron chi connectivity index (χ2n) is 5.27. The number of carbonyl (C=O) groups excluding carboxylic acids is 1. The van der Waals surface area contributed by atoms with Gasteiger partial charge < -0.3 is 15.1 Å². The minimum absolute atomic E-state index is 0.0692. The van der Waals surface area contributed by atoms with Gasteiger partial charge in [-0.1, -0.05) is 6.42 Å². The molecular weight excluding hydrogens is 226 g/mol. The summed E-state index contributed by atoms with van der Waals surface area (Å²) in [6, 6.07) is 0.519. The Hall–Kier alpha value is -0.610. The molecule has 0 aliphatic carbocycles. The number of amides is 1. The van der Waals surface area contributed by atoms with Gasteiger partial charge in [0.25, 0.3) is 0 Å². The van der Waals surface area contributed by atoms with E-state index in [2.05, 4.69) is 17.3 Å². The van der Waals surface area contributed by atoms with Gasteiger partial charge in [0.15, 0.2) is 0 Å². The summed E-state index contributed by atoms with van der Waals surface area (Å²) in [6.45, 7) is 9.74. The maximum atomic E-state index is 12.1. The van der Waals surface area contributed by atoms with E-state index in [0.717, 1.165) is 19.6 Å². The Kier molecular flexibility index (Phi) is 6.65. The lowest BCUT2D eigenvalue weighted by molar-refractivity contribution is -0.132. The fourth-order valence-corrected chi connectivity index (χ4v) is 2.61. The third-order valence-corrected chi connectivity index (χ3v) is 4.03. The number of nitrogens with one attached hydrogen (secondary N) is 1. The topological polar surface area (TPSA) is 35.6 Å². The summed E-state index contributed by atoms with van der Waals surface area (Å²) in [5, 5.41) is 3.40. The summed E-state index contributed by atoms with van der Waals surface area (Å²) >= 11 is 0. The third-order valence-electron chi connectivity index (χ3n) is 4.03. The Balaban J connectivity index is 2.35. The zero-order valence-corrected chi connectivity index (χ0v) is 12.4. The Labute approximate surface area is 112 Å². The van der Waals surface area contributed by atoms with E-state index in [-0.39, 0.29) is 11.9 Å². The molecule has 1 amide bonds. The molecular formula is C14H29N3O. The SMILES string of the molecule is CCN(CC)C(=O)C(C)NCC1CCCCN1C. The number of carbonyl (C=O) groups is 1. The molecule has 0 bridgehead atoms. The van der Waals surface area contributed by atoms with E-state index in [1.54, 1.807) is 0 Å². The summed E-state index contributed by atoms with van der Waals surface area (Å²) in [5.74, 6) is 0.221. The van der Waals surface area contributed by atoms with Gasteiger partial charge in [-0.25, -0.2) is 0 Å². The minimum atomic E-state index is -0.0692. The van der Waals surface area contributed by atoms with Crippen molar-refractivity contribution in [3.05, 3.63) is 0 Å². The van der Waals surface area contributed by atoms with E-state index >= 15 is 0 Å². The first kappa shape index (κ1) is 15.4. The summed E-state index contributed by atoms with van der Waals surface area (Å²) < 4.78 is 0. The van der Waals surface area contributed by atoms with Gasteiger partial charge in [0.1, 0.15) is 0 Å². The van der Waals surface area contributed by atoms with Gasteiger partial charge in [-0.2, -0.15) is 0 Å². The molecule has 2 atom stereocenters. The molecule has 0 radical (unpaired) electrons. The predicted molar refractivity (Wildman–Crippen MR) is 75.7 cm³/mol. The van der Waals surface area contributed by atoms with Gasteiger partial charge in [0.05, 0.1) is 6.04 Å². The van der Waals surface area contributed by atoms with E-state index in [0.29, 0.717) is 6.04 Å². The van der Waals surface area contributed by atoms with Gasteiger partial charge >= 0.3 is 0 Å². The summed E-state index contributed by atoms with van der Waals surface area (Å²) in [7, 11) is 2.18. The number of likely N-dealkylation sites (N-methyl/N-ethyl adjacent to an activating group) is 2. The first-order valence-electron chi connectivity index (χ1n) is 7.32. The van der Waals surface area contributed by atoms with Crippen molar-refractivity contribution in [2.75, 3.05) is 33.2 Å². The maximum absolute atomic E-state index is 12.1. The molecule has 2 unspecified atom stereocenters. The number of hydrogen-bond acceptors (Lipinski definition) is 3. The van der Waals surface area contributed by atoms with E-state index in [1.807, 2.05) is 25.7 Å². The lowest BCUT2D eigenvalue weighted by atomic mass is 10.0. The second-order valence-corrected chi connectivity index (χ2v) is 5.27. The lowest BCUT2D eigenvalue weighted by Gasteiger charge is -2.33. The number of likely N-dealkylation sites (tertiary alicyclic amines) is 1. The van der Waals surface area contributed by atoms with Crippen LogP contribution in [0.15, 0.2) is 0 Å². The average Bonchev–Trinajstić information content (AvgIpc) is 2.38. The second kappa shape index (κ2) is 7.74. The highest BCUT2D eigenvalue weighted by atomic mass is 16.2. The van der Waals surface area contributed by atoms with Gasteiger partial charge in [-0.05, 0) is 47.2 Å². The molecule has 1 fully saturated rings. The molecule has 1 aliphatic heterocycles. The lowest BCUT2D eigenvalue weighted by Crippen LogP contribution is -2.50. The van der Waals surface area contributed by atoms with Crippen LogP contribution in [0.25, 0.3) is 0 Å². The van der Waals surface area contributed by atoms with E-state index in [4.69, 9.17) is 0 Å². The van der Waals surface area contributed by atoms with Crippen molar-refractivity contribution in [1.29, 1.82) is 0 Å². The highest BCUT2D eigenvalue weighted by Crippen LogP contribution is 2.14. The third kappa shape index (κ3) is 4.25. The molecule has 18 heavy (non-hydrogen) atoms. The monoisotopic (exact) mass is 255 g/mol. The van der Waals surface area contributed by atoms with Crippen LogP contribution in [0, 0.1) is 0 Å². The fraction of sp³-hybridized carbons (Fsp3) is 0.929. The Morgan fingerprint density at radius 1 is 1.39 bits per heavy atom. The van der Waals surface area contributed by atoms with Crippen molar-refractivity contribution in [3.63, 3.8) is 0 Å². The molecule has 4 heteroatoms. The molecule has 1 rings (SSSR count). The summed E-state index contributed by atoms with van der Waals surface area (Å²) in [5.41, 5.74) is 0. The predicted octanol–water partition coefficient (Wildman–Crippen LogP) is 1.32. The minimum Gasteiger partial charge on any atom is -0.342 e. The largest absolute Gasteiger partial charge is 0.342 e. The maximum Gasteiger partial charge on any atom is 0.239 e. The van der Waals surface area contributed by atoms with Crippen LogP contribution in [0.4, 0.5) is 0 Å².